The van der Waals surface area contributed by atoms with Crippen molar-refractivity contribution >= 4 is 16.9 Å². The number of nitrogens with zero attached hydrogens (tertiary/aromatic N) is 3. The summed E-state index contributed by atoms with van der Waals surface area (Å²) in [5.74, 6) is 0.347. The quantitative estimate of drug-likeness (QED) is 0.302. The van der Waals surface area contributed by atoms with Gasteiger partial charge in [-0.2, -0.15) is 26.3 Å². The number of halogens is 6. The Labute approximate surface area is 221 Å². The number of fused-ring (bicyclic) bond motifs is 1. The molecule has 0 N–H and O–H groups in total. The lowest BCUT2D eigenvalue weighted by atomic mass is 10.00. The Bertz CT molecular complexity index is 1250. The maximum Gasteiger partial charge on any atom is 0.406 e. The number of aromatic nitrogens is 2. The maximum atomic E-state index is 13.0. The van der Waals surface area contributed by atoms with Crippen molar-refractivity contribution in [1.29, 1.82) is 0 Å². The molecule has 1 aliphatic rings. The van der Waals surface area contributed by atoms with E-state index in [4.69, 9.17) is 9.47 Å². The third kappa shape index (κ3) is 7.87. The molecule has 212 valence electrons. The molecule has 1 saturated heterocycles. The molecule has 3 aromatic rings. The average molecular weight is 558 g/mol. The summed E-state index contributed by atoms with van der Waals surface area (Å²) in [6.07, 6.45) is -7.84. The second-order valence-corrected chi connectivity index (χ2v) is 9.54. The van der Waals surface area contributed by atoms with Crippen molar-refractivity contribution in [3.05, 3.63) is 59.4 Å². The fourth-order valence-electron chi connectivity index (χ4n) is 4.71. The molecule has 0 atom stereocenters. The predicted molar refractivity (Wildman–Crippen MR) is 132 cm³/mol. The minimum absolute atomic E-state index is 0.235. The number of carbonyl (C=O) groups is 1. The maximum absolute atomic E-state index is 13.0. The summed E-state index contributed by atoms with van der Waals surface area (Å²) < 4.78 is 90.8. The Morgan fingerprint density at radius 2 is 1.67 bits per heavy atom. The van der Waals surface area contributed by atoms with Crippen LogP contribution in [0.4, 0.5) is 26.3 Å². The third-order valence-corrected chi connectivity index (χ3v) is 6.48. The highest BCUT2D eigenvalue weighted by Gasteiger charge is 2.40. The molecule has 1 amide bonds. The monoisotopic (exact) mass is 557 g/mol. The van der Waals surface area contributed by atoms with Gasteiger partial charge in [-0.1, -0.05) is 12.1 Å². The third-order valence-electron chi connectivity index (χ3n) is 6.48. The average Bonchev–Trinajstić information content (AvgIpc) is 3.19. The Hall–Kier alpha value is -3.28. The first-order chi connectivity index (χ1) is 18.4. The van der Waals surface area contributed by atoms with E-state index in [9.17, 15) is 31.1 Å². The molecular weight excluding hydrogens is 528 g/mol. The van der Waals surface area contributed by atoms with Gasteiger partial charge in [-0.3, -0.25) is 4.79 Å². The SMILES string of the molecule is CCOc1ccc(Cc2nc3cc(C(=O)N(CC(F)(F)F)CC(F)(F)F)ccc3n2CC2CCOCC2)cc1. The van der Waals surface area contributed by atoms with Gasteiger partial charge in [0.1, 0.15) is 24.7 Å². The molecule has 0 spiro atoms. The number of rotatable bonds is 9. The summed E-state index contributed by atoms with van der Waals surface area (Å²) in [5.41, 5.74) is 1.63. The van der Waals surface area contributed by atoms with Gasteiger partial charge in [-0.05, 0) is 61.6 Å². The van der Waals surface area contributed by atoms with Crippen LogP contribution < -0.4 is 4.74 Å². The van der Waals surface area contributed by atoms with Gasteiger partial charge < -0.3 is 18.9 Å². The van der Waals surface area contributed by atoms with E-state index in [0.717, 1.165) is 24.2 Å². The first-order valence-electron chi connectivity index (χ1n) is 12.6. The van der Waals surface area contributed by atoms with E-state index < -0.39 is 31.3 Å². The number of alkyl halides is 6. The molecule has 12 heteroatoms. The van der Waals surface area contributed by atoms with Crippen LogP contribution in [0.15, 0.2) is 42.5 Å². The van der Waals surface area contributed by atoms with Crippen LogP contribution in [0.3, 0.4) is 0 Å². The zero-order valence-electron chi connectivity index (χ0n) is 21.3. The molecule has 39 heavy (non-hydrogen) atoms. The van der Waals surface area contributed by atoms with Crippen LogP contribution in [-0.4, -0.2) is 65.6 Å². The number of hydrogen-bond donors (Lipinski definition) is 0. The summed E-state index contributed by atoms with van der Waals surface area (Å²) in [4.78, 5) is 17.2. The molecule has 4 rings (SSSR count). The van der Waals surface area contributed by atoms with Crippen LogP contribution in [0.5, 0.6) is 5.75 Å². The van der Waals surface area contributed by atoms with Gasteiger partial charge in [0.25, 0.3) is 5.91 Å². The minimum Gasteiger partial charge on any atom is -0.494 e. The summed E-state index contributed by atoms with van der Waals surface area (Å²) in [6, 6.07) is 11.6. The van der Waals surface area contributed by atoms with Gasteiger partial charge in [-0.15, -0.1) is 0 Å². The molecule has 1 aromatic heterocycles. The Morgan fingerprint density at radius 1 is 1.03 bits per heavy atom. The lowest BCUT2D eigenvalue weighted by Crippen LogP contribution is -2.44. The van der Waals surface area contributed by atoms with E-state index in [1.54, 1.807) is 0 Å². The number of hydrogen-bond acceptors (Lipinski definition) is 4. The molecule has 1 fully saturated rings. The topological polar surface area (TPSA) is 56.6 Å². The van der Waals surface area contributed by atoms with E-state index in [0.29, 0.717) is 55.6 Å². The normalized spacial score (nSPS) is 15.1. The lowest BCUT2D eigenvalue weighted by molar-refractivity contribution is -0.171. The summed E-state index contributed by atoms with van der Waals surface area (Å²) in [6.45, 7) is 0.293. The number of benzene rings is 2. The van der Waals surface area contributed by atoms with Gasteiger partial charge in [0, 0.05) is 31.7 Å². The van der Waals surface area contributed by atoms with Crippen molar-refractivity contribution in [2.24, 2.45) is 5.92 Å². The zero-order chi connectivity index (χ0) is 28.2. The summed E-state index contributed by atoms with van der Waals surface area (Å²) >= 11 is 0. The highest BCUT2D eigenvalue weighted by Crippen LogP contribution is 2.28. The van der Waals surface area contributed by atoms with E-state index in [1.807, 2.05) is 35.8 Å². The standard InChI is InChI=1S/C27H29F6N3O3/c1-2-39-21-6-3-18(4-7-21)13-24-34-22-14-20(25(37)35(16-26(28,29)30)17-27(31,32)33)5-8-23(22)36(24)15-19-9-11-38-12-10-19/h3-8,14,19H,2,9-13,15-17H2,1H3. The van der Waals surface area contributed by atoms with Gasteiger partial charge in [0.2, 0.25) is 0 Å². The smallest absolute Gasteiger partial charge is 0.406 e. The Balaban J connectivity index is 1.68. The van der Waals surface area contributed by atoms with Crippen LogP contribution in [0.1, 0.15) is 41.5 Å². The molecule has 2 aromatic carbocycles. The molecule has 0 aliphatic carbocycles. The van der Waals surface area contributed by atoms with Crippen molar-refractivity contribution in [2.45, 2.75) is 45.1 Å². The van der Waals surface area contributed by atoms with E-state index in [-0.39, 0.29) is 10.5 Å². The molecular formula is C27H29F6N3O3. The van der Waals surface area contributed by atoms with Gasteiger partial charge in [-0.25, -0.2) is 4.98 Å². The largest absolute Gasteiger partial charge is 0.494 e. The van der Waals surface area contributed by atoms with E-state index in [2.05, 4.69) is 4.98 Å². The minimum atomic E-state index is -4.98. The first kappa shape index (κ1) is 28.7. The number of carbonyl (C=O) groups excluding carboxylic acids is 1. The summed E-state index contributed by atoms with van der Waals surface area (Å²) in [7, 11) is 0. The molecule has 2 heterocycles. The summed E-state index contributed by atoms with van der Waals surface area (Å²) in [5, 5.41) is 0. The molecule has 0 unspecified atom stereocenters. The highest BCUT2D eigenvalue weighted by atomic mass is 19.4. The number of ether oxygens (including phenoxy) is 2. The fourth-order valence-corrected chi connectivity index (χ4v) is 4.71. The van der Waals surface area contributed by atoms with Gasteiger partial charge in [0.15, 0.2) is 0 Å². The number of amides is 1. The highest BCUT2D eigenvalue weighted by molar-refractivity contribution is 5.97. The van der Waals surface area contributed by atoms with Crippen LogP contribution in [0.2, 0.25) is 0 Å². The molecule has 0 bridgehead atoms. The van der Waals surface area contributed by atoms with Gasteiger partial charge in [0.05, 0.1) is 17.6 Å². The fraction of sp³-hybridized carbons (Fsp3) is 0.481. The van der Waals surface area contributed by atoms with E-state index >= 15 is 0 Å². The zero-order valence-corrected chi connectivity index (χ0v) is 21.3. The van der Waals surface area contributed by atoms with E-state index in [1.165, 1.54) is 18.2 Å². The molecule has 0 radical (unpaired) electrons. The van der Waals surface area contributed by atoms with Crippen molar-refractivity contribution < 1.29 is 40.6 Å². The molecule has 0 saturated carbocycles. The van der Waals surface area contributed by atoms with Crippen LogP contribution in [0.25, 0.3) is 11.0 Å². The second-order valence-electron chi connectivity index (χ2n) is 9.54. The molecule has 1 aliphatic heterocycles. The number of imidazole rings is 1. The van der Waals surface area contributed by atoms with Crippen LogP contribution >= 0.6 is 0 Å². The Kier molecular flexibility index (Phi) is 8.73. The first-order valence-corrected chi connectivity index (χ1v) is 12.6. The van der Waals surface area contributed by atoms with Crippen molar-refractivity contribution in [3.63, 3.8) is 0 Å². The van der Waals surface area contributed by atoms with Crippen LogP contribution in [0, 0.1) is 5.92 Å². The van der Waals surface area contributed by atoms with Crippen LogP contribution in [-0.2, 0) is 17.7 Å². The van der Waals surface area contributed by atoms with Crippen molar-refractivity contribution in [2.75, 3.05) is 32.9 Å². The van der Waals surface area contributed by atoms with Gasteiger partial charge >= 0.3 is 12.4 Å². The van der Waals surface area contributed by atoms with Crippen molar-refractivity contribution in [3.8, 4) is 5.75 Å². The molecule has 6 nitrogen and oxygen atoms in total. The predicted octanol–water partition coefficient (Wildman–Crippen LogP) is 6.02. The van der Waals surface area contributed by atoms with Crippen molar-refractivity contribution in [1.82, 2.24) is 14.5 Å². The Morgan fingerprint density at radius 3 is 2.26 bits per heavy atom. The lowest BCUT2D eigenvalue weighted by Gasteiger charge is -2.25. The second kappa shape index (κ2) is 11.8.